The van der Waals surface area contributed by atoms with Crippen molar-refractivity contribution in [3.05, 3.63) is 0 Å². The molecule has 0 amide bonds. The number of rotatable bonds is 2. The van der Waals surface area contributed by atoms with Gasteiger partial charge < -0.3 is 4.74 Å². The van der Waals surface area contributed by atoms with E-state index in [1.807, 2.05) is 6.92 Å². The van der Waals surface area contributed by atoms with Crippen LogP contribution >= 0.6 is 0 Å². The van der Waals surface area contributed by atoms with Gasteiger partial charge in [-0.25, -0.2) is 4.79 Å². The van der Waals surface area contributed by atoms with E-state index >= 15 is 0 Å². The van der Waals surface area contributed by atoms with Crippen molar-refractivity contribution in [2.24, 2.45) is 5.41 Å². The summed E-state index contributed by atoms with van der Waals surface area (Å²) in [5, 5.41) is 0. The largest absolute Gasteiger partial charge is 0.450 e. The molecule has 2 heteroatoms. The van der Waals surface area contributed by atoms with E-state index < -0.39 is 0 Å². The first-order valence-corrected chi connectivity index (χ1v) is 3.07. The molecule has 0 spiro atoms. The SMILES string of the molecule is CC1(C)CC1(C)O[C]=O. The summed E-state index contributed by atoms with van der Waals surface area (Å²) in [6, 6.07) is 0. The summed E-state index contributed by atoms with van der Waals surface area (Å²) in [6.07, 6.45) is 0.954. The molecule has 1 radical (unpaired) electrons. The second-order valence-corrected chi connectivity index (χ2v) is 3.48. The molecule has 1 aliphatic carbocycles. The van der Waals surface area contributed by atoms with E-state index in [9.17, 15) is 4.79 Å². The fourth-order valence-corrected chi connectivity index (χ4v) is 1.07. The Morgan fingerprint density at radius 3 is 2.00 bits per heavy atom. The lowest BCUT2D eigenvalue weighted by Gasteiger charge is -2.10. The minimum Gasteiger partial charge on any atom is -0.450 e. The fourth-order valence-electron chi connectivity index (χ4n) is 1.07. The predicted molar refractivity (Wildman–Crippen MR) is 33.6 cm³/mol. The maximum Gasteiger partial charge on any atom is 0.418 e. The average Bonchev–Trinajstić information content (AvgIpc) is 2.07. The lowest BCUT2D eigenvalue weighted by atomic mass is 10.1. The third-order valence-corrected chi connectivity index (χ3v) is 2.35. The Balaban J connectivity index is 2.52. The fraction of sp³-hybridized carbons (Fsp3) is 0.857. The molecule has 9 heavy (non-hydrogen) atoms. The molecule has 1 rings (SSSR count). The van der Waals surface area contributed by atoms with Gasteiger partial charge in [0.1, 0.15) is 5.60 Å². The van der Waals surface area contributed by atoms with Gasteiger partial charge in [-0.2, -0.15) is 0 Å². The highest BCUT2D eigenvalue weighted by Crippen LogP contribution is 2.57. The van der Waals surface area contributed by atoms with Gasteiger partial charge in [0.15, 0.2) is 0 Å². The highest BCUT2D eigenvalue weighted by Gasteiger charge is 2.60. The molecule has 0 bridgehead atoms. The molecule has 1 atom stereocenters. The maximum atomic E-state index is 9.80. The van der Waals surface area contributed by atoms with Crippen LogP contribution in [0.15, 0.2) is 0 Å². The van der Waals surface area contributed by atoms with Crippen LogP contribution in [-0.4, -0.2) is 12.1 Å². The van der Waals surface area contributed by atoms with Crippen LogP contribution < -0.4 is 0 Å². The van der Waals surface area contributed by atoms with Gasteiger partial charge in [-0.15, -0.1) is 0 Å². The molecule has 0 aromatic rings. The first-order chi connectivity index (χ1) is 4.02. The zero-order valence-corrected chi connectivity index (χ0v) is 6.02. The van der Waals surface area contributed by atoms with Gasteiger partial charge in [0, 0.05) is 5.41 Å². The van der Waals surface area contributed by atoms with Crippen molar-refractivity contribution in [1.29, 1.82) is 0 Å². The van der Waals surface area contributed by atoms with Gasteiger partial charge in [-0.3, -0.25) is 0 Å². The lowest BCUT2D eigenvalue weighted by molar-refractivity contribution is 0.135. The topological polar surface area (TPSA) is 26.3 Å². The number of ether oxygens (including phenoxy) is 1. The Morgan fingerprint density at radius 2 is 1.89 bits per heavy atom. The van der Waals surface area contributed by atoms with E-state index in [0.29, 0.717) is 0 Å². The quantitative estimate of drug-likeness (QED) is 0.558. The summed E-state index contributed by atoms with van der Waals surface area (Å²) in [5.74, 6) is 0. The highest BCUT2D eigenvalue weighted by molar-refractivity contribution is 5.41. The van der Waals surface area contributed by atoms with E-state index in [1.54, 1.807) is 0 Å². The monoisotopic (exact) mass is 127 g/mol. The summed E-state index contributed by atoms with van der Waals surface area (Å²) >= 11 is 0. The van der Waals surface area contributed by atoms with Gasteiger partial charge in [0.25, 0.3) is 0 Å². The summed E-state index contributed by atoms with van der Waals surface area (Å²) < 4.78 is 4.75. The predicted octanol–water partition coefficient (Wildman–Crippen LogP) is 1.26. The van der Waals surface area contributed by atoms with Gasteiger partial charge in [0.05, 0.1) is 0 Å². The lowest BCUT2D eigenvalue weighted by Crippen LogP contribution is -2.14. The molecule has 0 heterocycles. The van der Waals surface area contributed by atoms with Crippen LogP contribution in [0.2, 0.25) is 0 Å². The van der Waals surface area contributed by atoms with Crippen LogP contribution in [0.4, 0.5) is 0 Å². The van der Waals surface area contributed by atoms with E-state index in [4.69, 9.17) is 4.74 Å². The standard InChI is InChI=1S/C7H11O2/c1-6(2)4-7(6,3)9-5-8/h4H2,1-3H3. The summed E-state index contributed by atoms with van der Waals surface area (Å²) in [7, 11) is 0. The van der Waals surface area contributed by atoms with Gasteiger partial charge in [0.2, 0.25) is 0 Å². The summed E-state index contributed by atoms with van der Waals surface area (Å²) in [4.78, 5) is 9.80. The molecule has 2 nitrogen and oxygen atoms in total. The zero-order valence-electron chi connectivity index (χ0n) is 6.02. The maximum absolute atomic E-state index is 9.80. The average molecular weight is 127 g/mol. The van der Waals surface area contributed by atoms with E-state index in [1.165, 1.54) is 6.47 Å². The van der Waals surface area contributed by atoms with Crippen molar-refractivity contribution in [1.82, 2.24) is 0 Å². The summed E-state index contributed by atoms with van der Waals surface area (Å²) in [5.41, 5.74) is -0.0564. The van der Waals surface area contributed by atoms with Crippen molar-refractivity contribution < 1.29 is 9.53 Å². The van der Waals surface area contributed by atoms with Crippen LogP contribution in [0.1, 0.15) is 27.2 Å². The number of hydrogen-bond acceptors (Lipinski definition) is 2. The smallest absolute Gasteiger partial charge is 0.418 e. The first-order valence-electron chi connectivity index (χ1n) is 3.07. The normalized spacial score (nSPS) is 37.7. The van der Waals surface area contributed by atoms with Crippen LogP contribution in [0.25, 0.3) is 0 Å². The molecule has 0 aromatic heterocycles. The number of hydrogen-bond donors (Lipinski definition) is 0. The minimum absolute atomic E-state index is 0.171. The van der Waals surface area contributed by atoms with Crippen molar-refractivity contribution in [3.8, 4) is 0 Å². The molecule has 1 saturated carbocycles. The molecule has 51 valence electrons. The molecule has 0 saturated heterocycles. The molecule has 1 aliphatic rings. The van der Waals surface area contributed by atoms with Crippen molar-refractivity contribution >= 4 is 6.47 Å². The third-order valence-electron chi connectivity index (χ3n) is 2.35. The zero-order chi connectivity index (χ0) is 7.12. The van der Waals surface area contributed by atoms with Gasteiger partial charge >= 0.3 is 6.47 Å². The van der Waals surface area contributed by atoms with Gasteiger partial charge in [-0.1, -0.05) is 13.8 Å². The molecular formula is C7H11O2. The summed E-state index contributed by atoms with van der Waals surface area (Å²) in [6.45, 7) is 7.55. The second-order valence-electron chi connectivity index (χ2n) is 3.48. The van der Waals surface area contributed by atoms with Crippen molar-refractivity contribution in [3.63, 3.8) is 0 Å². The van der Waals surface area contributed by atoms with Crippen LogP contribution in [-0.2, 0) is 9.53 Å². The van der Waals surface area contributed by atoms with Gasteiger partial charge in [-0.05, 0) is 13.3 Å². The van der Waals surface area contributed by atoms with Crippen LogP contribution in [0.3, 0.4) is 0 Å². The Bertz CT molecular complexity index is 140. The Labute approximate surface area is 55.2 Å². The molecule has 0 aromatic carbocycles. The third kappa shape index (κ3) is 0.824. The van der Waals surface area contributed by atoms with Crippen LogP contribution in [0.5, 0.6) is 0 Å². The van der Waals surface area contributed by atoms with Crippen LogP contribution in [0, 0.1) is 5.41 Å². The molecular weight excluding hydrogens is 116 g/mol. The molecule has 1 fully saturated rings. The Kier molecular flexibility index (Phi) is 1.09. The molecule has 0 N–H and O–H groups in total. The molecule has 1 unspecified atom stereocenters. The van der Waals surface area contributed by atoms with E-state index in [0.717, 1.165) is 6.42 Å². The Morgan fingerprint density at radius 1 is 1.44 bits per heavy atom. The van der Waals surface area contributed by atoms with E-state index in [2.05, 4.69) is 13.8 Å². The van der Waals surface area contributed by atoms with Crippen molar-refractivity contribution in [2.75, 3.05) is 0 Å². The number of carbonyl (C=O) groups excluding carboxylic acids is 1. The second kappa shape index (κ2) is 1.49. The van der Waals surface area contributed by atoms with Crippen molar-refractivity contribution in [2.45, 2.75) is 32.8 Å². The van der Waals surface area contributed by atoms with E-state index in [-0.39, 0.29) is 11.0 Å². The minimum atomic E-state index is -0.227. The highest BCUT2D eigenvalue weighted by atomic mass is 16.5. The Hall–Kier alpha value is -0.530. The molecule has 0 aliphatic heterocycles. The first kappa shape index (κ1) is 6.59.